The fourth-order valence-corrected chi connectivity index (χ4v) is 3.10. The van der Waals surface area contributed by atoms with Gasteiger partial charge in [0.15, 0.2) is 0 Å². The highest BCUT2D eigenvalue weighted by Gasteiger charge is 2.27. The second-order valence-electron chi connectivity index (χ2n) is 7.63. The Bertz CT molecular complexity index is 652. The summed E-state index contributed by atoms with van der Waals surface area (Å²) in [5.74, 6) is 0.295. The molecule has 0 aromatic heterocycles. The van der Waals surface area contributed by atoms with Crippen LogP contribution in [0.25, 0.3) is 0 Å². The highest BCUT2D eigenvalue weighted by molar-refractivity contribution is 5.68. The van der Waals surface area contributed by atoms with Crippen LogP contribution in [0.1, 0.15) is 26.3 Å². The molecule has 138 valence electrons. The number of amides is 1. The fraction of sp³-hybridized carbons (Fsp3) is 0.611. The van der Waals surface area contributed by atoms with Gasteiger partial charge in [0.2, 0.25) is 0 Å². The third-order valence-corrected chi connectivity index (χ3v) is 4.36. The lowest BCUT2D eigenvalue weighted by Crippen LogP contribution is -2.50. The van der Waals surface area contributed by atoms with Gasteiger partial charge in [0, 0.05) is 49.5 Å². The van der Waals surface area contributed by atoms with Crippen LogP contribution in [0.3, 0.4) is 0 Å². The van der Waals surface area contributed by atoms with Crippen LogP contribution < -0.4 is 15.4 Å². The molecular weight excluding hydrogens is 325 g/mol. The van der Waals surface area contributed by atoms with Crippen molar-refractivity contribution in [2.75, 3.05) is 37.7 Å². The third kappa shape index (κ3) is 4.15. The first kappa shape index (κ1) is 17.8. The molecular formula is C18H26FN3O3. The van der Waals surface area contributed by atoms with Crippen LogP contribution in [0.4, 0.5) is 14.9 Å². The summed E-state index contributed by atoms with van der Waals surface area (Å²) >= 11 is 0. The zero-order valence-corrected chi connectivity index (χ0v) is 15.0. The first-order chi connectivity index (χ1) is 11.7. The van der Waals surface area contributed by atoms with E-state index < -0.39 is 5.60 Å². The van der Waals surface area contributed by atoms with Gasteiger partial charge in [-0.25, -0.2) is 9.18 Å². The van der Waals surface area contributed by atoms with Crippen LogP contribution in [0, 0.1) is 5.82 Å². The molecule has 2 aliphatic heterocycles. The Kier molecular flexibility index (Phi) is 4.77. The molecule has 0 radical (unpaired) electrons. The van der Waals surface area contributed by atoms with Gasteiger partial charge in [-0.1, -0.05) is 0 Å². The van der Waals surface area contributed by atoms with Gasteiger partial charge >= 0.3 is 6.09 Å². The van der Waals surface area contributed by atoms with Crippen LogP contribution in [0.2, 0.25) is 0 Å². The maximum Gasteiger partial charge on any atom is 0.410 e. The van der Waals surface area contributed by atoms with Crippen molar-refractivity contribution < 1.29 is 18.7 Å². The molecule has 6 nitrogen and oxygen atoms in total. The highest BCUT2D eigenvalue weighted by Crippen LogP contribution is 2.32. The number of halogens is 1. The molecule has 3 rings (SSSR count). The van der Waals surface area contributed by atoms with E-state index >= 15 is 0 Å². The number of carbonyl (C=O) groups is 1. The van der Waals surface area contributed by atoms with E-state index in [0.29, 0.717) is 50.5 Å². The van der Waals surface area contributed by atoms with Gasteiger partial charge in [0.05, 0.1) is 0 Å². The number of nitrogens with zero attached hydrogens (tertiary/aromatic N) is 2. The number of anilines is 1. The van der Waals surface area contributed by atoms with E-state index in [1.807, 2.05) is 26.8 Å². The molecule has 0 bridgehead atoms. The number of nitrogens with two attached hydrogens (primary N) is 1. The number of benzene rings is 1. The van der Waals surface area contributed by atoms with E-state index in [-0.39, 0.29) is 18.0 Å². The number of carbonyl (C=O) groups excluding carboxylic acids is 1. The highest BCUT2D eigenvalue weighted by atomic mass is 19.1. The Labute approximate surface area is 147 Å². The number of piperazine rings is 1. The van der Waals surface area contributed by atoms with Gasteiger partial charge in [-0.15, -0.1) is 0 Å². The fourth-order valence-electron chi connectivity index (χ4n) is 3.10. The molecule has 0 saturated carbocycles. The molecule has 1 aromatic rings. The molecule has 0 aliphatic carbocycles. The molecule has 1 saturated heterocycles. The van der Waals surface area contributed by atoms with Crippen molar-refractivity contribution >= 4 is 11.8 Å². The number of rotatable bonds is 1. The summed E-state index contributed by atoms with van der Waals surface area (Å²) < 4.78 is 25.4. The molecule has 2 N–H and O–H groups in total. The Balaban J connectivity index is 1.65. The van der Waals surface area contributed by atoms with Crippen molar-refractivity contribution in [1.29, 1.82) is 0 Å². The van der Waals surface area contributed by atoms with Crippen molar-refractivity contribution in [2.24, 2.45) is 5.73 Å². The van der Waals surface area contributed by atoms with Gasteiger partial charge in [-0.2, -0.15) is 0 Å². The summed E-state index contributed by atoms with van der Waals surface area (Å²) in [6.45, 7) is 8.28. The second kappa shape index (κ2) is 6.71. The number of fused-ring (bicyclic) bond motifs is 1. The summed E-state index contributed by atoms with van der Waals surface area (Å²) in [6, 6.07) is 3.24. The minimum absolute atomic E-state index is 0.162. The Morgan fingerprint density at radius 1 is 1.28 bits per heavy atom. The predicted octanol–water partition coefficient (Wildman–Crippen LogP) is 2.15. The minimum Gasteiger partial charge on any atom is -0.491 e. The van der Waals surface area contributed by atoms with Crippen LogP contribution in [0.15, 0.2) is 12.1 Å². The molecule has 1 amide bonds. The molecule has 1 aromatic carbocycles. The zero-order valence-electron chi connectivity index (χ0n) is 15.0. The average Bonchev–Trinajstić information content (AvgIpc) is 2.54. The first-order valence-corrected chi connectivity index (χ1v) is 8.66. The SMILES string of the molecule is CC(C)(C)OC(=O)N1CCN(c2cc(F)c3c(c2)OCC(N)C3)CC1. The normalized spacial score (nSPS) is 20.8. The van der Waals surface area contributed by atoms with E-state index in [9.17, 15) is 9.18 Å². The summed E-state index contributed by atoms with van der Waals surface area (Å²) in [5.41, 5.74) is 6.65. The van der Waals surface area contributed by atoms with Crippen LogP contribution in [0.5, 0.6) is 5.75 Å². The lowest BCUT2D eigenvalue weighted by molar-refractivity contribution is 0.0240. The number of hydrogen-bond acceptors (Lipinski definition) is 5. The van der Waals surface area contributed by atoms with Crippen molar-refractivity contribution in [3.8, 4) is 5.75 Å². The third-order valence-electron chi connectivity index (χ3n) is 4.36. The molecule has 7 heteroatoms. The Morgan fingerprint density at radius 3 is 2.60 bits per heavy atom. The number of ether oxygens (including phenoxy) is 2. The lowest BCUT2D eigenvalue weighted by atomic mass is 10.0. The standard InChI is InChI=1S/C18H26FN3O3/c1-18(2,3)25-17(23)22-6-4-21(5-7-22)13-9-15(19)14-8-12(20)11-24-16(14)10-13/h9-10,12H,4-8,11,20H2,1-3H3. The summed E-state index contributed by atoms with van der Waals surface area (Å²) in [5, 5.41) is 0. The molecule has 25 heavy (non-hydrogen) atoms. The molecule has 2 aliphatic rings. The van der Waals surface area contributed by atoms with E-state index in [0.717, 1.165) is 5.69 Å². The summed E-state index contributed by atoms with van der Waals surface area (Å²) in [4.78, 5) is 15.9. The quantitative estimate of drug-likeness (QED) is 0.840. The van der Waals surface area contributed by atoms with Crippen LogP contribution >= 0.6 is 0 Å². The molecule has 2 heterocycles. The van der Waals surface area contributed by atoms with Crippen molar-refractivity contribution in [3.63, 3.8) is 0 Å². The van der Waals surface area contributed by atoms with E-state index in [4.69, 9.17) is 15.2 Å². The van der Waals surface area contributed by atoms with Gasteiger partial charge in [-0.3, -0.25) is 0 Å². The Hall–Kier alpha value is -2.02. The maximum atomic E-state index is 14.4. The summed E-state index contributed by atoms with van der Waals surface area (Å²) in [7, 11) is 0. The van der Waals surface area contributed by atoms with Crippen molar-refractivity contribution in [1.82, 2.24) is 4.90 Å². The van der Waals surface area contributed by atoms with E-state index in [2.05, 4.69) is 4.90 Å². The molecule has 1 atom stereocenters. The van der Waals surface area contributed by atoms with Crippen LogP contribution in [-0.2, 0) is 11.2 Å². The summed E-state index contributed by atoms with van der Waals surface area (Å²) in [6.07, 6.45) is 0.189. The number of hydrogen-bond donors (Lipinski definition) is 1. The lowest BCUT2D eigenvalue weighted by Gasteiger charge is -2.37. The molecule has 0 spiro atoms. The van der Waals surface area contributed by atoms with Crippen molar-refractivity contribution in [2.45, 2.75) is 38.8 Å². The van der Waals surface area contributed by atoms with Crippen LogP contribution in [-0.4, -0.2) is 55.4 Å². The van der Waals surface area contributed by atoms with Gasteiger partial charge in [-0.05, 0) is 33.3 Å². The Morgan fingerprint density at radius 2 is 1.96 bits per heavy atom. The molecule has 1 unspecified atom stereocenters. The van der Waals surface area contributed by atoms with Gasteiger partial charge in [0.25, 0.3) is 0 Å². The largest absolute Gasteiger partial charge is 0.491 e. The maximum absolute atomic E-state index is 14.4. The zero-order chi connectivity index (χ0) is 18.2. The van der Waals surface area contributed by atoms with Gasteiger partial charge in [0.1, 0.15) is 23.8 Å². The first-order valence-electron chi connectivity index (χ1n) is 8.66. The van der Waals surface area contributed by atoms with E-state index in [1.54, 1.807) is 4.90 Å². The smallest absolute Gasteiger partial charge is 0.410 e. The van der Waals surface area contributed by atoms with Crippen molar-refractivity contribution in [3.05, 3.63) is 23.5 Å². The predicted molar refractivity (Wildman–Crippen MR) is 93.6 cm³/mol. The topological polar surface area (TPSA) is 68.0 Å². The second-order valence-corrected chi connectivity index (χ2v) is 7.63. The average molecular weight is 351 g/mol. The monoisotopic (exact) mass is 351 g/mol. The minimum atomic E-state index is -0.506. The molecule has 1 fully saturated rings. The van der Waals surface area contributed by atoms with E-state index in [1.165, 1.54) is 6.07 Å². The van der Waals surface area contributed by atoms with Gasteiger partial charge < -0.3 is 25.0 Å².